The van der Waals surface area contributed by atoms with Crippen LogP contribution in [0.2, 0.25) is 0 Å². The highest BCUT2D eigenvalue weighted by molar-refractivity contribution is 5.96. The number of nitro groups is 1. The summed E-state index contributed by atoms with van der Waals surface area (Å²) in [5.74, 6) is -1.00. The number of carboxylic acid groups (broad SMARTS) is 1. The zero-order valence-electron chi connectivity index (χ0n) is 10.0. The smallest absolute Gasteiger partial charge is 0.340 e. The molecule has 92 valence electrons. The SMILES string of the molecule is Cc1nc(N(C)C)c(C(=O)O)c(C)c1[N+](=O)[O-]. The fourth-order valence-corrected chi connectivity index (χ4v) is 1.67. The molecule has 1 rings (SSSR count). The molecule has 0 radical (unpaired) electrons. The first-order valence-corrected chi connectivity index (χ1v) is 4.83. The van der Waals surface area contributed by atoms with Crippen LogP contribution in [0.4, 0.5) is 11.5 Å². The molecule has 0 saturated carbocycles. The minimum absolute atomic E-state index is 0.124. The molecule has 1 heterocycles. The molecule has 0 aliphatic heterocycles. The second-order valence-electron chi connectivity index (χ2n) is 3.83. The lowest BCUT2D eigenvalue weighted by Crippen LogP contribution is -2.18. The average molecular weight is 239 g/mol. The van der Waals surface area contributed by atoms with Crippen molar-refractivity contribution < 1.29 is 14.8 Å². The van der Waals surface area contributed by atoms with Gasteiger partial charge in [0.2, 0.25) is 0 Å². The molecule has 7 nitrogen and oxygen atoms in total. The van der Waals surface area contributed by atoms with Crippen molar-refractivity contribution in [3.63, 3.8) is 0 Å². The van der Waals surface area contributed by atoms with E-state index in [1.807, 2.05) is 0 Å². The third-order valence-corrected chi connectivity index (χ3v) is 2.39. The number of hydrogen-bond donors (Lipinski definition) is 1. The predicted octanol–water partition coefficient (Wildman–Crippen LogP) is 1.37. The van der Waals surface area contributed by atoms with Crippen LogP contribution in [0.15, 0.2) is 0 Å². The molecular formula is C10H13N3O4. The topological polar surface area (TPSA) is 96.6 Å². The van der Waals surface area contributed by atoms with E-state index in [0.29, 0.717) is 0 Å². The summed E-state index contributed by atoms with van der Waals surface area (Å²) in [5, 5.41) is 20.0. The Labute approximate surface area is 97.8 Å². The van der Waals surface area contributed by atoms with Gasteiger partial charge >= 0.3 is 5.97 Å². The van der Waals surface area contributed by atoms with Crippen molar-refractivity contribution in [3.05, 3.63) is 26.9 Å². The van der Waals surface area contributed by atoms with Crippen molar-refractivity contribution in [2.45, 2.75) is 13.8 Å². The monoisotopic (exact) mass is 239 g/mol. The van der Waals surface area contributed by atoms with Gasteiger partial charge in [0.1, 0.15) is 17.1 Å². The van der Waals surface area contributed by atoms with E-state index in [0.717, 1.165) is 0 Å². The van der Waals surface area contributed by atoms with E-state index >= 15 is 0 Å². The highest BCUT2D eigenvalue weighted by atomic mass is 16.6. The molecule has 0 aromatic carbocycles. The van der Waals surface area contributed by atoms with Gasteiger partial charge < -0.3 is 10.0 Å². The zero-order valence-corrected chi connectivity index (χ0v) is 10.0. The summed E-state index contributed by atoms with van der Waals surface area (Å²) < 4.78 is 0. The van der Waals surface area contributed by atoms with Crippen LogP contribution in [-0.2, 0) is 0 Å². The molecule has 0 bridgehead atoms. The number of aromatic nitrogens is 1. The summed E-state index contributed by atoms with van der Waals surface area (Å²) in [7, 11) is 3.28. The lowest BCUT2D eigenvalue weighted by molar-refractivity contribution is -0.386. The maximum Gasteiger partial charge on any atom is 0.340 e. The average Bonchev–Trinajstić information content (AvgIpc) is 2.14. The minimum Gasteiger partial charge on any atom is -0.478 e. The summed E-state index contributed by atoms with van der Waals surface area (Å²) >= 11 is 0. The van der Waals surface area contributed by atoms with Crippen LogP contribution in [0.3, 0.4) is 0 Å². The van der Waals surface area contributed by atoms with Crippen LogP contribution in [-0.4, -0.2) is 35.1 Å². The van der Waals surface area contributed by atoms with E-state index in [9.17, 15) is 14.9 Å². The Kier molecular flexibility index (Phi) is 3.31. The first kappa shape index (κ1) is 12.9. The van der Waals surface area contributed by atoms with E-state index in [2.05, 4.69) is 4.98 Å². The van der Waals surface area contributed by atoms with Gasteiger partial charge in [-0.25, -0.2) is 9.78 Å². The molecule has 0 atom stereocenters. The lowest BCUT2D eigenvalue weighted by Gasteiger charge is -2.16. The highest BCUT2D eigenvalue weighted by Gasteiger charge is 2.27. The maximum absolute atomic E-state index is 11.1. The number of aromatic carboxylic acids is 1. The van der Waals surface area contributed by atoms with Crippen molar-refractivity contribution in [1.82, 2.24) is 4.98 Å². The number of hydrogen-bond acceptors (Lipinski definition) is 5. The molecule has 0 fully saturated rings. The Balaban J connectivity index is 3.70. The van der Waals surface area contributed by atoms with Crippen molar-refractivity contribution in [2.24, 2.45) is 0 Å². The summed E-state index contributed by atoms with van der Waals surface area (Å²) in [6.45, 7) is 2.91. The van der Waals surface area contributed by atoms with Gasteiger partial charge in [-0.1, -0.05) is 0 Å². The fraction of sp³-hybridized carbons (Fsp3) is 0.400. The first-order valence-electron chi connectivity index (χ1n) is 4.83. The summed E-state index contributed by atoms with van der Waals surface area (Å²) in [6, 6.07) is 0. The number of carbonyl (C=O) groups is 1. The highest BCUT2D eigenvalue weighted by Crippen LogP contribution is 2.30. The van der Waals surface area contributed by atoms with E-state index in [1.165, 1.54) is 18.7 Å². The molecule has 0 aliphatic carbocycles. The van der Waals surface area contributed by atoms with E-state index in [1.54, 1.807) is 14.1 Å². The third kappa shape index (κ3) is 2.17. The molecule has 17 heavy (non-hydrogen) atoms. The Morgan fingerprint density at radius 1 is 1.41 bits per heavy atom. The van der Waals surface area contributed by atoms with Crippen molar-refractivity contribution in [1.29, 1.82) is 0 Å². The molecule has 0 saturated heterocycles. The number of rotatable bonds is 3. The molecule has 0 aliphatic rings. The molecule has 0 spiro atoms. The Bertz CT molecular complexity index is 497. The van der Waals surface area contributed by atoms with Crippen molar-refractivity contribution in [2.75, 3.05) is 19.0 Å². The van der Waals surface area contributed by atoms with E-state index in [-0.39, 0.29) is 28.3 Å². The largest absolute Gasteiger partial charge is 0.478 e. The number of pyridine rings is 1. The van der Waals surface area contributed by atoms with Crippen LogP contribution in [0.25, 0.3) is 0 Å². The third-order valence-electron chi connectivity index (χ3n) is 2.39. The van der Waals surface area contributed by atoms with Gasteiger partial charge in [-0.2, -0.15) is 0 Å². The fourth-order valence-electron chi connectivity index (χ4n) is 1.67. The number of aryl methyl sites for hydroxylation is 1. The zero-order chi connectivity index (χ0) is 13.3. The quantitative estimate of drug-likeness (QED) is 0.632. The van der Waals surface area contributed by atoms with Crippen molar-refractivity contribution >= 4 is 17.5 Å². The van der Waals surface area contributed by atoms with Gasteiger partial charge in [0.15, 0.2) is 0 Å². The molecule has 1 N–H and O–H groups in total. The van der Waals surface area contributed by atoms with Gasteiger partial charge in [0, 0.05) is 19.7 Å². The van der Waals surface area contributed by atoms with Gasteiger partial charge in [0.05, 0.1) is 4.92 Å². The summed E-state index contributed by atoms with van der Waals surface area (Å²) in [6.07, 6.45) is 0. The second-order valence-corrected chi connectivity index (χ2v) is 3.83. The minimum atomic E-state index is -1.22. The Morgan fingerprint density at radius 3 is 2.29 bits per heavy atom. The first-order chi connectivity index (χ1) is 7.77. The number of anilines is 1. The lowest BCUT2D eigenvalue weighted by atomic mass is 10.1. The molecule has 7 heteroatoms. The van der Waals surface area contributed by atoms with Crippen LogP contribution in [0.1, 0.15) is 21.6 Å². The van der Waals surface area contributed by atoms with Gasteiger partial charge in [-0.15, -0.1) is 0 Å². The molecule has 0 amide bonds. The van der Waals surface area contributed by atoms with Gasteiger partial charge in [0.25, 0.3) is 5.69 Å². The summed E-state index contributed by atoms with van der Waals surface area (Å²) in [4.78, 5) is 26.9. The van der Waals surface area contributed by atoms with Crippen LogP contribution < -0.4 is 4.90 Å². The number of carboxylic acids is 1. The van der Waals surface area contributed by atoms with Gasteiger partial charge in [-0.3, -0.25) is 10.1 Å². The Morgan fingerprint density at radius 2 is 1.94 bits per heavy atom. The van der Waals surface area contributed by atoms with Crippen molar-refractivity contribution in [3.8, 4) is 0 Å². The molecule has 1 aromatic rings. The van der Waals surface area contributed by atoms with Crippen LogP contribution in [0, 0.1) is 24.0 Å². The van der Waals surface area contributed by atoms with E-state index < -0.39 is 10.9 Å². The molecule has 0 unspecified atom stereocenters. The normalized spacial score (nSPS) is 10.1. The Hall–Kier alpha value is -2.18. The van der Waals surface area contributed by atoms with Gasteiger partial charge in [-0.05, 0) is 13.8 Å². The molecular weight excluding hydrogens is 226 g/mol. The predicted molar refractivity (Wildman–Crippen MR) is 61.7 cm³/mol. The second kappa shape index (κ2) is 4.36. The summed E-state index contributed by atoms with van der Waals surface area (Å²) in [5.41, 5.74) is -0.0415. The van der Waals surface area contributed by atoms with E-state index in [4.69, 9.17) is 5.11 Å². The van der Waals surface area contributed by atoms with Crippen LogP contribution in [0.5, 0.6) is 0 Å². The van der Waals surface area contributed by atoms with Crippen LogP contribution >= 0.6 is 0 Å². The maximum atomic E-state index is 11.1. The number of nitrogens with zero attached hydrogens (tertiary/aromatic N) is 3. The standard InChI is InChI=1S/C10H13N3O4/c1-5-7(10(14)15)9(12(3)4)11-6(2)8(5)13(16)17/h1-4H3,(H,14,15). The molecule has 1 aromatic heterocycles.